The third-order valence-electron chi connectivity index (χ3n) is 4.12. The first-order chi connectivity index (χ1) is 12.3. The number of anilines is 1. The normalized spacial score (nSPS) is 17.3. The van der Waals surface area contributed by atoms with Crippen molar-refractivity contribution in [2.75, 3.05) is 18.4 Å². The fraction of sp³-hybridized carbons (Fsp3) is 0.312. The standard InChI is InChI=1S/C16H15F3N4O3/c17-16(18,19)13-5-7-20-23(13)12-3-1-11(2-4-12)21-15(26)22-8-6-10(9-22)14(24)25/h1-5,7,10H,6,8-9H2,(H,21,26)(H,24,25). The van der Waals surface area contributed by atoms with E-state index in [2.05, 4.69) is 10.4 Å². The highest BCUT2D eigenvalue weighted by Gasteiger charge is 2.35. The molecule has 26 heavy (non-hydrogen) atoms. The molecule has 7 nitrogen and oxygen atoms in total. The fourth-order valence-corrected chi connectivity index (χ4v) is 2.76. The minimum Gasteiger partial charge on any atom is -0.481 e. The fourth-order valence-electron chi connectivity index (χ4n) is 2.76. The van der Waals surface area contributed by atoms with Crippen LogP contribution in [-0.4, -0.2) is 44.9 Å². The summed E-state index contributed by atoms with van der Waals surface area (Å²) in [7, 11) is 0. The van der Waals surface area contributed by atoms with Crippen molar-refractivity contribution in [2.45, 2.75) is 12.6 Å². The van der Waals surface area contributed by atoms with E-state index in [1.54, 1.807) is 0 Å². The Morgan fingerprint density at radius 3 is 2.46 bits per heavy atom. The zero-order valence-corrected chi connectivity index (χ0v) is 13.4. The molecule has 1 unspecified atom stereocenters. The molecule has 0 aliphatic carbocycles. The summed E-state index contributed by atoms with van der Waals surface area (Å²) in [5.41, 5.74) is -0.309. The molecule has 1 aromatic carbocycles. The number of hydrogen-bond donors (Lipinski definition) is 2. The number of nitrogens with zero attached hydrogens (tertiary/aromatic N) is 3. The van der Waals surface area contributed by atoms with Gasteiger partial charge in [0.15, 0.2) is 0 Å². The first-order valence-corrected chi connectivity index (χ1v) is 7.76. The lowest BCUT2D eigenvalue weighted by Gasteiger charge is -2.17. The van der Waals surface area contributed by atoms with Gasteiger partial charge in [0.05, 0.1) is 17.8 Å². The largest absolute Gasteiger partial charge is 0.481 e. The maximum Gasteiger partial charge on any atom is 0.433 e. The molecule has 2 amide bonds. The molecule has 0 spiro atoms. The van der Waals surface area contributed by atoms with Crippen LogP contribution >= 0.6 is 0 Å². The van der Waals surface area contributed by atoms with Crippen molar-refractivity contribution in [1.29, 1.82) is 0 Å². The lowest BCUT2D eigenvalue weighted by molar-refractivity contribution is -0.143. The van der Waals surface area contributed by atoms with Crippen molar-refractivity contribution in [3.8, 4) is 5.69 Å². The zero-order chi connectivity index (χ0) is 18.9. The number of nitrogens with one attached hydrogen (secondary N) is 1. The van der Waals surface area contributed by atoms with Crippen LogP contribution in [0, 0.1) is 5.92 Å². The molecule has 10 heteroatoms. The number of amides is 2. The van der Waals surface area contributed by atoms with Gasteiger partial charge in [-0.2, -0.15) is 18.3 Å². The van der Waals surface area contributed by atoms with Crippen LogP contribution in [-0.2, 0) is 11.0 Å². The molecule has 1 aromatic heterocycles. The molecule has 2 heterocycles. The van der Waals surface area contributed by atoms with Crippen LogP contribution in [0.15, 0.2) is 36.5 Å². The summed E-state index contributed by atoms with van der Waals surface area (Å²) < 4.78 is 39.5. The number of rotatable bonds is 3. The van der Waals surface area contributed by atoms with E-state index in [-0.39, 0.29) is 12.2 Å². The quantitative estimate of drug-likeness (QED) is 0.872. The Labute approximate surface area is 146 Å². The Bertz CT molecular complexity index is 817. The molecule has 138 valence electrons. The first kappa shape index (κ1) is 17.8. The molecule has 3 rings (SSSR count). The number of aliphatic carboxylic acids is 1. The van der Waals surface area contributed by atoms with Gasteiger partial charge in [0.1, 0.15) is 5.69 Å². The van der Waals surface area contributed by atoms with Crippen LogP contribution in [0.3, 0.4) is 0 Å². The molecular weight excluding hydrogens is 353 g/mol. The second-order valence-electron chi connectivity index (χ2n) is 5.87. The molecule has 2 aromatic rings. The monoisotopic (exact) mass is 368 g/mol. The third-order valence-corrected chi connectivity index (χ3v) is 4.12. The van der Waals surface area contributed by atoms with Gasteiger partial charge in [-0.1, -0.05) is 0 Å². The number of halogens is 3. The second-order valence-corrected chi connectivity index (χ2v) is 5.87. The van der Waals surface area contributed by atoms with Gasteiger partial charge in [0.25, 0.3) is 0 Å². The van der Waals surface area contributed by atoms with Crippen LogP contribution in [0.4, 0.5) is 23.7 Å². The summed E-state index contributed by atoms with van der Waals surface area (Å²) in [6.07, 6.45) is -3.08. The maximum atomic E-state index is 12.9. The Morgan fingerprint density at radius 2 is 1.88 bits per heavy atom. The molecule has 1 atom stereocenters. The minimum atomic E-state index is -4.53. The van der Waals surface area contributed by atoms with Crippen LogP contribution in [0.2, 0.25) is 0 Å². The highest BCUT2D eigenvalue weighted by molar-refractivity contribution is 5.90. The minimum absolute atomic E-state index is 0.126. The summed E-state index contributed by atoms with van der Waals surface area (Å²) in [6.45, 7) is 0.463. The van der Waals surface area contributed by atoms with Gasteiger partial charge in [-0.3, -0.25) is 4.79 Å². The predicted molar refractivity (Wildman–Crippen MR) is 84.9 cm³/mol. The summed E-state index contributed by atoms with van der Waals surface area (Å²) >= 11 is 0. The summed E-state index contributed by atoms with van der Waals surface area (Å²) in [5.74, 6) is -1.52. The zero-order valence-electron chi connectivity index (χ0n) is 13.4. The smallest absolute Gasteiger partial charge is 0.433 e. The van der Waals surface area contributed by atoms with Crippen molar-refractivity contribution in [3.05, 3.63) is 42.2 Å². The number of likely N-dealkylation sites (tertiary alicyclic amines) is 1. The average molecular weight is 368 g/mol. The van der Waals surface area contributed by atoms with E-state index < -0.39 is 29.8 Å². The Morgan fingerprint density at radius 1 is 1.19 bits per heavy atom. The topological polar surface area (TPSA) is 87.5 Å². The number of urea groups is 1. The van der Waals surface area contributed by atoms with Gasteiger partial charge in [0.2, 0.25) is 0 Å². The Hall–Kier alpha value is -3.04. The van der Waals surface area contributed by atoms with Gasteiger partial charge in [0, 0.05) is 18.8 Å². The third kappa shape index (κ3) is 3.63. The first-order valence-electron chi connectivity index (χ1n) is 7.76. The molecule has 0 saturated carbocycles. The van der Waals surface area contributed by atoms with Gasteiger partial charge in [-0.05, 0) is 36.8 Å². The van der Waals surface area contributed by atoms with E-state index in [9.17, 15) is 22.8 Å². The predicted octanol–water partition coefficient (Wildman–Crippen LogP) is 2.83. The van der Waals surface area contributed by atoms with E-state index in [0.29, 0.717) is 18.7 Å². The van der Waals surface area contributed by atoms with Crippen molar-refractivity contribution in [2.24, 2.45) is 5.92 Å². The average Bonchev–Trinajstić information content (AvgIpc) is 3.25. The number of hydrogen-bond acceptors (Lipinski definition) is 3. The van der Waals surface area contributed by atoms with Crippen LogP contribution < -0.4 is 5.32 Å². The van der Waals surface area contributed by atoms with Gasteiger partial charge >= 0.3 is 18.2 Å². The van der Waals surface area contributed by atoms with Crippen molar-refractivity contribution in [1.82, 2.24) is 14.7 Å². The maximum absolute atomic E-state index is 12.9. The highest BCUT2D eigenvalue weighted by Crippen LogP contribution is 2.30. The molecule has 1 saturated heterocycles. The molecule has 1 aliphatic heterocycles. The van der Waals surface area contributed by atoms with Gasteiger partial charge in [-0.25, -0.2) is 9.48 Å². The number of carboxylic acids is 1. The van der Waals surface area contributed by atoms with Crippen molar-refractivity contribution in [3.63, 3.8) is 0 Å². The molecule has 1 aliphatic rings. The number of alkyl halides is 3. The number of carbonyl (C=O) groups is 2. The number of benzene rings is 1. The number of carboxylic acid groups (broad SMARTS) is 1. The summed E-state index contributed by atoms with van der Waals surface area (Å²) in [5, 5.41) is 15.2. The SMILES string of the molecule is O=C(O)C1CCN(C(=O)Nc2ccc(-n3nccc3C(F)(F)F)cc2)C1. The molecule has 0 bridgehead atoms. The van der Waals surface area contributed by atoms with Crippen LogP contribution in [0.5, 0.6) is 0 Å². The van der Waals surface area contributed by atoms with E-state index in [4.69, 9.17) is 5.11 Å². The lowest BCUT2D eigenvalue weighted by atomic mass is 10.1. The number of carbonyl (C=O) groups excluding carboxylic acids is 1. The molecule has 0 radical (unpaired) electrons. The lowest BCUT2D eigenvalue weighted by Crippen LogP contribution is -2.33. The van der Waals surface area contributed by atoms with E-state index >= 15 is 0 Å². The Balaban J connectivity index is 1.68. The van der Waals surface area contributed by atoms with E-state index in [1.165, 1.54) is 29.2 Å². The van der Waals surface area contributed by atoms with E-state index in [1.807, 2.05) is 0 Å². The number of aromatic nitrogens is 2. The highest BCUT2D eigenvalue weighted by atomic mass is 19.4. The summed E-state index contributed by atoms with van der Waals surface area (Å²) in [4.78, 5) is 24.5. The van der Waals surface area contributed by atoms with Crippen LogP contribution in [0.25, 0.3) is 5.69 Å². The van der Waals surface area contributed by atoms with Crippen molar-refractivity contribution < 1.29 is 27.9 Å². The summed E-state index contributed by atoms with van der Waals surface area (Å²) in [6, 6.07) is 6.15. The van der Waals surface area contributed by atoms with Gasteiger partial charge < -0.3 is 15.3 Å². The molecular formula is C16H15F3N4O3. The van der Waals surface area contributed by atoms with Crippen LogP contribution in [0.1, 0.15) is 12.1 Å². The molecule has 1 fully saturated rings. The van der Waals surface area contributed by atoms with Gasteiger partial charge in [-0.15, -0.1) is 0 Å². The second kappa shape index (κ2) is 6.70. The van der Waals surface area contributed by atoms with E-state index in [0.717, 1.165) is 16.9 Å². The Kier molecular flexibility index (Phi) is 4.58. The van der Waals surface area contributed by atoms with Crippen molar-refractivity contribution >= 4 is 17.7 Å². The molecule has 2 N–H and O–H groups in total.